The Morgan fingerprint density at radius 2 is 2.26 bits per heavy atom. The van der Waals surface area contributed by atoms with Gasteiger partial charge < -0.3 is 10.2 Å². The summed E-state index contributed by atoms with van der Waals surface area (Å²) in [6.07, 6.45) is 3.73. The first-order chi connectivity index (χ1) is 11.1. The van der Waals surface area contributed by atoms with E-state index in [2.05, 4.69) is 10.4 Å². The van der Waals surface area contributed by atoms with Crippen LogP contribution in [0.5, 0.6) is 0 Å². The molecule has 0 radical (unpaired) electrons. The minimum absolute atomic E-state index is 0.0370. The molecule has 1 aliphatic rings. The zero-order valence-corrected chi connectivity index (χ0v) is 13.3. The fraction of sp³-hybridized carbons (Fsp3) is 0.353. The molecule has 2 aromatic rings. The molecular weight excluding hydrogens is 292 g/mol. The van der Waals surface area contributed by atoms with Crippen molar-refractivity contribution in [3.05, 3.63) is 42.2 Å². The molecule has 0 unspecified atom stereocenters. The molecule has 1 atom stereocenters. The minimum Gasteiger partial charge on any atom is -0.326 e. The minimum atomic E-state index is -0.340. The summed E-state index contributed by atoms with van der Waals surface area (Å²) in [5, 5.41) is 7.08. The second-order valence-electron chi connectivity index (χ2n) is 5.82. The van der Waals surface area contributed by atoms with Crippen molar-refractivity contribution in [2.75, 3.05) is 16.8 Å². The van der Waals surface area contributed by atoms with Crippen LogP contribution in [0.15, 0.2) is 36.7 Å². The number of amides is 2. The summed E-state index contributed by atoms with van der Waals surface area (Å²) in [6, 6.07) is 7.64. The lowest BCUT2D eigenvalue weighted by molar-refractivity contribution is -0.122. The first kappa shape index (κ1) is 15.3. The molecule has 1 N–H and O–H groups in total. The van der Waals surface area contributed by atoms with Crippen molar-refractivity contribution in [2.45, 2.75) is 26.8 Å². The van der Waals surface area contributed by atoms with Crippen LogP contribution in [-0.4, -0.2) is 28.1 Å². The van der Waals surface area contributed by atoms with Crippen molar-refractivity contribution in [1.29, 1.82) is 0 Å². The van der Waals surface area contributed by atoms with Crippen LogP contribution < -0.4 is 10.2 Å². The molecule has 2 heterocycles. The largest absolute Gasteiger partial charge is 0.326 e. The average molecular weight is 312 g/mol. The van der Waals surface area contributed by atoms with Gasteiger partial charge in [0.15, 0.2) is 0 Å². The molecular formula is C17H20N4O2. The zero-order valence-electron chi connectivity index (χ0n) is 13.3. The number of rotatable bonds is 4. The monoisotopic (exact) mass is 312 g/mol. The van der Waals surface area contributed by atoms with Crippen LogP contribution in [0.4, 0.5) is 11.4 Å². The van der Waals surface area contributed by atoms with Gasteiger partial charge in [-0.2, -0.15) is 5.10 Å². The van der Waals surface area contributed by atoms with Crippen LogP contribution in [0.3, 0.4) is 0 Å². The maximum atomic E-state index is 12.4. The number of aromatic nitrogens is 2. The summed E-state index contributed by atoms with van der Waals surface area (Å²) in [6.45, 7) is 5.10. The summed E-state index contributed by atoms with van der Waals surface area (Å²) in [5.41, 5.74) is 2.60. The van der Waals surface area contributed by atoms with Gasteiger partial charge in [0.25, 0.3) is 0 Å². The molecule has 0 saturated carbocycles. The third-order valence-corrected chi connectivity index (χ3v) is 4.04. The van der Waals surface area contributed by atoms with E-state index in [1.807, 2.05) is 44.3 Å². The third kappa shape index (κ3) is 3.26. The van der Waals surface area contributed by atoms with Crippen LogP contribution >= 0.6 is 0 Å². The Hall–Kier alpha value is -2.63. The summed E-state index contributed by atoms with van der Waals surface area (Å²) in [5.74, 6) is -0.493. The number of nitrogens with zero attached hydrogens (tertiary/aromatic N) is 3. The van der Waals surface area contributed by atoms with Gasteiger partial charge in [-0.3, -0.25) is 14.3 Å². The smallest absolute Gasteiger partial charge is 0.229 e. The zero-order chi connectivity index (χ0) is 16.4. The molecule has 120 valence electrons. The number of benzene rings is 1. The number of carbonyl (C=O) groups excluding carboxylic acids is 2. The highest BCUT2D eigenvalue weighted by Gasteiger charge is 2.35. The van der Waals surface area contributed by atoms with Crippen LogP contribution in [0.2, 0.25) is 0 Å². The SMILES string of the molecule is CCn1cc(N2C[C@@H](C(=O)Nc3cccc(C)c3)CC2=O)cn1. The quantitative estimate of drug-likeness (QED) is 0.941. The van der Waals surface area contributed by atoms with Crippen molar-refractivity contribution in [1.82, 2.24) is 9.78 Å². The Morgan fingerprint density at radius 3 is 2.96 bits per heavy atom. The first-order valence-corrected chi connectivity index (χ1v) is 7.77. The van der Waals surface area contributed by atoms with E-state index in [9.17, 15) is 9.59 Å². The van der Waals surface area contributed by atoms with Gasteiger partial charge in [0.2, 0.25) is 11.8 Å². The Morgan fingerprint density at radius 1 is 1.43 bits per heavy atom. The lowest BCUT2D eigenvalue weighted by Crippen LogP contribution is -2.27. The van der Waals surface area contributed by atoms with E-state index < -0.39 is 0 Å². The summed E-state index contributed by atoms with van der Waals surface area (Å²) in [7, 11) is 0. The van der Waals surface area contributed by atoms with Gasteiger partial charge in [0.1, 0.15) is 0 Å². The Kier molecular flexibility index (Phi) is 4.14. The molecule has 6 nitrogen and oxygen atoms in total. The first-order valence-electron chi connectivity index (χ1n) is 7.77. The van der Waals surface area contributed by atoms with Gasteiger partial charge >= 0.3 is 0 Å². The molecule has 1 aliphatic heterocycles. The maximum Gasteiger partial charge on any atom is 0.229 e. The van der Waals surface area contributed by atoms with Crippen molar-refractivity contribution in [3.8, 4) is 0 Å². The molecule has 1 fully saturated rings. The van der Waals surface area contributed by atoms with E-state index in [1.54, 1.807) is 15.8 Å². The molecule has 0 bridgehead atoms. The van der Waals surface area contributed by atoms with Gasteiger partial charge in [0, 0.05) is 31.4 Å². The van der Waals surface area contributed by atoms with E-state index in [1.165, 1.54) is 0 Å². The highest BCUT2D eigenvalue weighted by atomic mass is 16.2. The Labute approximate surface area is 135 Å². The standard InChI is InChI=1S/C17H20N4O2/c1-3-20-11-15(9-18-20)21-10-13(8-16(21)22)17(23)19-14-6-4-5-12(2)7-14/h4-7,9,11,13H,3,8,10H2,1-2H3,(H,19,23)/t13-/m0/s1. The second-order valence-corrected chi connectivity index (χ2v) is 5.82. The van der Waals surface area contributed by atoms with Gasteiger partial charge in [0.05, 0.1) is 17.8 Å². The summed E-state index contributed by atoms with van der Waals surface area (Å²) >= 11 is 0. The normalized spacial score (nSPS) is 17.6. The second kappa shape index (κ2) is 6.24. The topological polar surface area (TPSA) is 67.2 Å². The van der Waals surface area contributed by atoms with Crippen LogP contribution in [0.1, 0.15) is 18.9 Å². The Balaban J connectivity index is 1.68. The number of carbonyl (C=O) groups is 2. The highest BCUT2D eigenvalue weighted by Crippen LogP contribution is 2.25. The molecule has 1 aromatic heterocycles. The van der Waals surface area contributed by atoms with Crippen molar-refractivity contribution >= 4 is 23.2 Å². The fourth-order valence-corrected chi connectivity index (χ4v) is 2.76. The molecule has 23 heavy (non-hydrogen) atoms. The number of anilines is 2. The van der Waals surface area contributed by atoms with Crippen molar-refractivity contribution in [3.63, 3.8) is 0 Å². The molecule has 2 amide bonds. The molecule has 6 heteroatoms. The number of nitrogens with one attached hydrogen (secondary N) is 1. The van der Waals surface area contributed by atoms with Crippen LogP contribution in [-0.2, 0) is 16.1 Å². The fourth-order valence-electron chi connectivity index (χ4n) is 2.76. The van der Waals surface area contributed by atoms with E-state index >= 15 is 0 Å². The van der Waals surface area contributed by atoms with Gasteiger partial charge in [-0.25, -0.2) is 0 Å². The van der Waals surface area contributed by atoms with Crippen molar-refractivity contribution in [2.24, 2.45) is 5.92 Å². The Bertz CT molecular complexity index is 738. The van der Waals surface area contributed by atoms with Crippen molar-refractivity contribution < 1.29 is 9.59 Å². The van der Waals surface area contributed by atoms with Crippen LogP contribution in [0, 0.1) is 12.8 Å². The number of hydrogen-bond acceptors (Lipinski definition) is 3. The summed E-state index contributed by atoms with van der Waals surface area (Å²) in [4.78, 5) is 26.2. The molecule has 0 aliphatic carbocycles. The number of aryl methyl sites for hydroxylation is 2. The molecule has 1 saturated heterocycles. The lowest BCUT2D eigenvalue weighted by Gasteiger charge is -2.14. The molecule has 1 aromatic carbocycles. The highest BCUT2D eigenvalue weighted by molar-refractivity contribution is 6.03. The third-order valence-electron chi connectivity index (χ3n) is 4.04. The molecule has 0 spiro atoms. The molecule has 3 rings (SSSR count). The van der Waals surface area contributed by atoms with E-state index in [0.717, 1.165) is 23.5 Å². The van der Waals surface area contributed by atoms with Gasteiger partial charge in [-0.1, -0.05) is 12.1 Å². The van der Waals surface area contributed by atoms with E-state index in [-0.39, 0.29) is 24.2 Å². The lowest BCUT2D eigenvalue weighted by atomic mass is 10.1. The maximum absolute atomic E-state index is 12.4. The van der Waals surface area contributed by atoms with Crippen LogP contribution in [0.25, 0.3) is 0 Å². The van der Waals surface area contributed by atoms with E-state index in [0.29, 0.717) is 6.54 Å². The van der Waals surface area contributed by atoms with E-state index in [4.69, 9.17) is 0 Å². The predicted molar refractivity (Wildman–Crippen MR) is 88.2 cm³/mol. The summed E-state index contributed by atoms with van der Waals surface area (Å²) < 4.78 is 1.77. The van der Waals surface area contributed by atoms with Gasteiger partial charge in [-0.05, 0) is 31.5 Å². The average Bonchev–Trinajstić information content (AvgIpc) is 3.13. The van der Waals surface area contributed by atoms with Gasteiger partial charge in [-0.15, -0.1) is 0 Å². The number of hydrogen-bond donors (Lipinski definition) is 1. The predicted octanol–water partition coefficient (Wildman–Crippen LogP) is 2.20.